The molecule has 6 nitrogen and oxygen atoms in total. The van der Waals surface area contributed by atoms with Crippen LogP contribution >= 0.6 is 0 Å². The highest BCUT2D eigenvalue weighted by molar-refractivity contribution is 5.82. The lowest BCUT2D eigenvalue weighted by Crippen LogP contribution is -2.28. The second-order valence-electron chi connectivity index (χ2n) is 7.37. The first-order chi connectivity index (χ1) is 14.1. The highest BCUT2D eigenvalue weighted by Crippen LogP contribution is 2.33. The third-order valence-electron chi connectivity index (χ3n) is 5.46. The Bertz CT molecular complexity index is 1080. The number of nitrogens with zero attached hydrogens (tertiary/aromatic N) is 2. The van der Waals surface area contributed by atoms with Gasteiger partial charge in [0.15, 0.2) is 16.9 Å². The van der Waals surface area contributed by atoms with E-state index in [1.165, 1.54) is 0 Å². The van der Waals surface area contributed by atoms with E-state index in [0.29, 0.717) is 28.2 Å². The van der Waals surface area contributed by atoms with E-state index in [9.17, 15) is 4.79 Å². The highest BCUT2D eigenvalue weighted by Gasteiger charge is 2.15. The molecule has 1 saturated heterocycles. The van der Waals surface area contributed by atoms with Crippen molar-refractivity contribution in [1.29, 1.82) is 0 Å². The van der Waals surface area contributed by atoms with E-state index < -0.39 is 0 Å². The smallest absolute Gasteiger partial charge is 0.193 e. The molecule has 0 amide bonds. The zero-order valence-electron chi connectivity index (χ0n) is 17.1. The van der Waals surface area contributed by atoms with E-state index in [4.69, 9.17) is 13.9 Å². The van der Waals surface area contributed by atoms with Crippen molar-refractivity contribution in [3.05, 3.63) is 52.7 Å². The van der Waals surface area contributed by atoms with Gasteiger partial charge in [0.1, 0.15) is 11.3 Å². The van der Waals surface area contributed by atoms with Crippen LogP contribution < -0.4 is 19.8 Å². The molecule has 29 heavy (non-hydrogen) atoms. The maximum atomic E-state index is 12.9. The average molecular weight is 394 g/mol. The van der Waals surface area contributed by atoms with Gasteiger partial charge in [0.25, 0.3) is 0 Å². The van der Waals surface area contributed by atoms with Gasteiger partial charge < -0.3 is 23.7 Å². The Kier molecular flexibility index (Phi) is 5.45. The molecule has 2 aromatic carbocycles. The minimum Gasteiger partial charge on any atom is -0.493 e. The Morgan fingerprint density at radius 2 is 1.72 bits per heavy atom. The fourth-order valence-electron chi connectivity index (χ4n) is 3.78. The van der Waals surface area contributed by atoms with Crippen molar-refractivity contribution in [2.45, 2.75) is 6.42 Å². The Balaban J connectivity index is 1.70. The normalized spacial score (nSPS) is 15.3. The number of ether oxygens (including phenoxy) is 2. The van der Waals surface area contributed by atoms with Crippen LogP contribution in [-0.4, -0.2) is 52.3 Å². The van der Waals surface area contributed by atoms with Crippen LogP contribution in [0, 0.1) is 0 Å². The summed E-state index contributed by atoms with van der Waals surface area (Å²) in [7, 11) is 5.32. The van der Waals surface area contributed by atoms with Gasteiger partial charge in [0.2, 0.25) is 0 Å². The number of benzene rings is 2. The summed E-state index contributed by atoms with van der Waals surface area (Å²) >= 11 is 0. The first-order valence-electron chi connectivity index (χ1n) is 9.83. The van der Waals surface area contributed by atoms with Gasteiger partial charge in [-0.25, -0.2) is 0 Å². The van der Waals surface area contributed by atoms with Gasteiger partial charge in [-0.3, -0.25) is 4.79 Å². The van der Waals surface area contributed by atoms with Gasteiger partial charge in [-0.05, 0) is 56.4 Å². The van der Waals surface area contributed by atoms with Crippen molar-refractivity contribution in [2.24, 2.45) is 0 Å². The molecule has 0 saturated carbocycles. The number of fused-ring (bicyclic) bond motifs is 1. The van der Waals surface area contributed by atoms with Crippen LogP contribution in [0.1, 0.15) is 6.42 Å². The summed E-state index contributed by atoms with van der Waals surface area (Å²) in [6.07, 6.45) is 1.11. The van der Waals surface area contributed by atoms with Gasteiger partial charge in [-0.2, -0.15) is 0 Å². The number of likely N-dealkylation sites (N-methyl/N-ethyl adjacent to an activating group) is 1. The summed E-state index contributed by atoms with van der Waals surface area (Å²) < 4.78 is 16.7. The van der Waals surface area contributed by atoms with Crippen LogP contribution in [0.15, 0.2) is 51.7 Å². The summed E-state index contributed by atoms with van der Waals surface area (Å²) in [5, 5.41) is 0.601. The van der Waals surface area contributed by atoms with Gasteiger partial charge in [0, 0.05) is 37.0 Å². The Morgan fingerprint density at radius 1 is 0.897 bits per heavy atom. The van der Waals surface area contributed by atoms with Gasteiger partial charge in [-0.1, -0.05) is 0 Å². The zero-order valence-corrected chi connectivity index (χ0v) is 17.1. The maximum absolute atomic E-state index is 12.9. The van der Waals surface area contributed by atoms with Crippen LogP contribution in [-0.2, 0) is 0 Å². The predicted octanol–water partition coefficient (Wildman–Crippen LogP) is 3.62. The summed E-state index contributed by atoms with van der Waals surface area (Å²) in [6, 6.07) is 12.9. The largest absolute Gasteiger partial charge is 0.493 e. The second-order valence-corrected chi connectivity index (χ2v) is 7.37. The SMILES string of the molecule is COc1ccc(-c2cc(=O)c3cc(N4CCCN(C)CC4)ccc3o2)cc1OC. The number of methoxy groups -OCH3 is 2. The summed E-state index contributed by atoms with van der Waals surface area (Å²) in [5.74, 6) is 1.73. The van der Waals surface area contributed by atoms with Crippen LogP contribution in [0.25, 0.3) is 22.3 Å². The fraction of sp³-hybridized carbons (Fsp3) is 0.348. The Labute approximate surface area is 170 Å². The monoisotopic (exact) mass is 394 g/mol. The molecule has 4 rings (SSSR count). The van der Waals surface area contributed by atoms with Gasteiger partial charge in [0.05, 0.1) is 19.6 Å². The molecule has 1 fully saturated rings. The van der Waals surface area contributed by atoms with Gasteiger partial charge in [-0.15, -0.1) is 0 Å². The highest BCUT2D eigenvalue weighted by atomic mass is 16.5. The molecule has 0 aliphatic carbocycles. The molecular weight excluding hydrogens is 368 g/mol. The third-order valence-corrected chi connectivity index (χ3v) is 5.46. The van der Waals surface area contributed by atoms with Crippen LogP contribution in [0.3, 0.4) is 0 Å². The minimum atomic E-state index is -0.0511. The zero-order chi connectivity index (χ0) is 20.4. The van der Waals surface area contributed by atoms with Crippen molar-refractivity contribution in [3.8, 4) is 22.8 Å². The Hall–Kier alpha value is -2.99. The van der Waals surface area contributed by atoms with Crippen molar-refractivity contribution in [1.82, 2.24) is 4.90 Å². The van der Waals surface area contributed by atoms with Crippen molar-refractivity contribution in [2.75, 3.05) is 52.3 Å². The fourth-order valence-corrected chi connectivity index (χ4v) is 3.78. The standard InChI is InChI=1S/C23H26N2O4/c1-24-9-4-10-25(12-11-24)17-6-8-20-18(14-17)19(26)15-22(29-20)16-5-7-21(27-2)23(13-16)28-3/h5-8,13-15H,4,9-12H2,1-3H3. The lowest BCUT2D eigenvalue weighted by atomic mass is 10.1. The molecule has 2 heterocycles. The average Bonchev–Trinajstić information content (AvgIpc) is 2.97. The summed E-state index contributed by atoms with van der Waals surface area (Å²) in [6.45, 7) is 4.06. The number of rotatable bonds is 4. The topological polar surface area (TPSA) is 55.2 Å². The molecule has 6 heteroatoms. The molecule has 1 aliphatic rings. The maximum Gasteiger partial charge on any atom is 0.193 e. The first-order valence-corrected chi connectivity index (χ1v) is 9.83. The van der Waals surface area contributed by atoms with Crippen molar-refractivity contribution >= 4 is 16.7 Å². The number of hydrogen-bond acceptors (Lipinski definition) is 6. The lowest BCUT2D eigenvalue weighted by Gasteiger charge is -2.23. The molecule has 1 aliphatic heterocycles. The molecule has 152 valence electrons. The molecule has 1 aromatic heterocycles. The van der Waals surface area contributed by atoms with Crippen molar-refractivity contribution < 1.29 is 13.9 Å². The van der Waals surface area contributed by atoms with E-state index in [2.05, 4.69) is 16.8 Å². The van der Waals surface area contributed by atoms with E-state index in [-0.39, 0.29) is 5.43 Å². The molecule has 3 aromatic rings. The van der Waals surface area contributed by atoms with Crippen LogP contribution in [0.4, 0.5) is 5.69 Å². The van der Waals surface area contributed by atoms with Crippen LogP contribution in [0.2, 0.25) is 0 Å². The Morgan fingerprint density at radius 3 is 2.52 bits per heavy atom. The van der Waals surface area contributed by atoms with Crippen LogP contribution in [0.5, 0.6) is 11.5 Å². The molecule has 0 N–H and O–H groups in total. The second kappa shape index (κ2) is 8.17. The van der Waals surface area contributed by atoms with E-state index >= 15 is 0 Å². The quantitative estimate of drug-likeness (QED) is 0.674. The van der Waals surface area contributed by atoms with E-state index in [1.54, 1.807) is 26.4 Å². The predicted molar refractivity (Wildman–Crippen MR) is 115 cm³/mol. The third kappa shape index (κ3) is 3.93. The molecular formula is C23H26N2O4. The minimum absolute atomic E-state index is 0.0511. The molecule has 0 unspecified atom stereocenters. The summed E-state index contributed by atoms with van der Waals surface area (Å²) in [5.41, 5.74) is 2.36. The molecule has 0 spiro atoms. The van der Waals surface area contributed by atoms with Crippen molar-refractivity contribution in [3.63, 3.8) is 0 Å². The van der Waals surface area contributed by atoms with E-state index in [0.717, 1.165) is 43.9 Å². The summed E-state index contributed by atoms with van der Waals surface area (Å²) in [4.78, 5) is 17.5. The number of anilines is 1. The molecule has 0 bridgehead atoms. The first kappa shape index (κ1) is 19.3. The molecule has 0 atom stereocenters. The molecule has 0 radical (unpaired) electrons. The van der Waals surface area contributed by atoms with E-state index in [1.807, 2.05) is 30.3 Å². The number of hydrogen-bond donors (Lipinski definition) is 0. The van der Waals surface area contributed by atoms with Gasteiger partial charge >= 0.3 is 0 Å². The lowest BCUT2D eigenvalue weighted by molar-refractivity contribution is 0.355.